The molecule has 20 heavy (non-hydrogen) atoms. The highest BCUT2D eigenvalue weighted by molar-refractivity contribution is 5.85. The minimum absolute atomic E-state index is 0.0278. The van der Waals surface area contributed by atoms with E-state index in [2.05, 4.69) is 28.2 Å². The van der Waals surface area contributed by atoms with Crippen molar-refractivity contribution in [1.82, 2.24) is 9.88 Å². The summed E-state index contributed by atoms with van der Waals surface area (Å²) in [7, 11) is 2.02. The zero-order chi connectivity index (χ0) is 14.5. The van der Waals surface area contributed by atoms with E-state index >= 15 is 0 Å². The highest BCUT2D eigenvalue weighted by atomic mass is 16.3. The SMILES string of the molecule is C[C@H](CCO)NC(=O)CCc1cn(C)c2ccccc12. The molecule has 0 aliphatic carbocycles. The maximum atomic E-state index is 11.8. The second-order valence-electron chi connectivity index (χ2n) is 5.26. The van der Waals surface area contributed by atoms with Gasteiger partial charge in [0.05, 0.1) is 0 Å². The average molecular weight is 274 g/mol. The molecule has 0 aliphatic heterocycles. The number of rotatable bonds is 6. The normalized spacial score (nSPS) is 12.6. The lowest BCUT2D eigenvalue weighted by Gasteiger charge is -2.12. The van der Waals surface area contributed by atoms with Crippen LogP contribution in [0, 0.1) is 0 Å². The van der Waals surface area contributed by atoms with Crippen LogP contribution in [0.5, 0.6) is 0 Å². The Labute approximate surface area is 119 Å². The van der Waals surface area contributed by atoms with Crippen LogP contribution in [0.2, 0.25) is 0 Å². The van der Waals surface area contributed by atoms with Crippen LogP contribution in [-0.2, 0) is 18.3 Å². The third-order valence-corrected chi connectivity index (χ3v) is 3.57. The predicted octanol–water partition coefficient (Wildman–Crippen LogP) is 2.00. The first-order valence-electron chi connectivity index (χ1n) is 7.05. The Balaban J connectivity index is 1.97. The van der Waals surface area contributed by atoms with Gasteiger partial charge in [0, 0.05) is 43.2 Å². The summed E-state index contributed by atoms with van der Waals surface area (Å²) >= 11 is 0. The number of nitrogens with one attached hydrogen (secondary N) is 1. The summed E-state index contributed by atoms with van der Waals surface area (Å²) in [4.78, 5) is 11.8. The van der Waals surface area contributed by atoms with E-state index in [9.17, 15) is 4.79 Å². The summed E-state index contributed by atoms with van der Waals surface area (Å²) in [5.41, 5.74) is 2.39. The number of carbonyl (C=O) groups is 1. The molecule has 0 bridgehead atoms. The van der Waals surface area contributed by atoms with Crippen LogP contribution in [0.3, 0.4) is 0 Å². The Hall–Kier alpha value is -1.81. The van der Waals surface area contributed by atoms with Crippen LogP contribution in [-0.4, -0.2) is 28.2 Å². The van der Waals surface area contributed by atoms with Gasteiger partial charge in [0.15, 0.2) is 0 Å². The van der Waals surface area contributed by atoms with Gasteiger partial charge in [0.25, 0.3) is 0 Å². The predicted molar refractivity (Wildman–Crippen MR) is 80.5 cm³/mol. The first-order chi connectivity index (χ1) is 9.61. The number of hydrogen-bond donors (Lipinski definition) is 2. The summed E-state index contributed by atoms with van der Waals surface area (Å²) in [6.45, 7) is 2.01. The van der Waals surface area contributed by atoms with Crippen LogP contribution in [0.25, 0.3) is 10.9 Å². The zero-order valence-corrected chi connectivity index (χ0v) is 12.1. The van der Waals surface area contributed by atoms with E-state index in [-0.39, 0.29) is 18.6 Å². The van der Waals surface area contributed by atoms with E-state index in [0.29, 0.717) is 12.8 Å². The molecule has 0 saturated heterocycles. The lowest BCUT2D eigenvalue weighted by Crippen LogP contribution is -2.33. The number of carbonyl (C=O) groups excluding carboxylic acids is 1. The number of aryl methyl sites for hydroxylation is 2. The number of aliphatic hydroxyl groups excluding tert-OH is 1. The van der Waals surface area contributed by atoms with Crippen molar-refractivity contribution < 1.29 is 9.90 Å². The Morgan fingerprint density at radius 3 is 2.90 bits per heavy atom. The lowest BCUT2D eigenvalue weighted by molar-refractivity contribution is -0.121. The van der Waals surface area contributed by atoms with Gasteiger partial charge in [-0.15, -0.1) is 0 Å². The number of nitrogens with zero attached hydrogens (tertiary/aromatic N) is 1. The first-order valence-corrected chi connectivity index (χ1v) is 7.05. The van der Waals surface area contributed by atoms with E-state index in [4.69, 9.17) is 5.11 Å². The van der Waals surface area contributed by atoms with Gasteiger partial charge in [-0.25, -0.2) is 0 Å². The standard InChI is InChI=1S/C16H22N2O2/c1-12(9-10-19)17-16(20)8-7-13-11-18(2)15-6-4-3-5-14(13)15/h3-6,11-12,19H,7-10H2,1-2H3,(H,17,20)/t12-/m1/s1. The molecule has 0 unspecified atom stereocenters. The highest BCUT2D eigenvalue weighted by Gasteiger charge is 2.10. The van der Waals surface area contributed by atoms with Gasteiger partial charge in [0.1, 0.15) is 0 Å². The van der Waals surface area contributed by atoms with Crippen molar-refractivity contribution in [3.05, 3.63) is 36.0 Å². The molecule has 1 amide bonds. The fourth-order valence-corrected chi connectivity index (χ4v) is 2.49. The number of amides is 1. The fourth-order valence-electron chi connectivity index (χ4n) is 2.49. The third-order valence-electron chi connectivity index (χ3n) is 3.57. The molecule has 0 fully saturated rings. The van der Waals surface area contributed by atoms with Gasteiger partial charge in [0.2, 0.25) is 5.91 Å². The number of benzene rings is 1. The summed E-state index contributed by atoms with van der Waals surface area (Å²) in [5.74, 6) is 0.0406. The molecule has 0 aliphatic rings. The molecule has 2 N–H and O–H groups in total. The van der Waals surface area contributed by atoms with Crippen LogP contribution in [0.1, 0.15) is 25.3 Å². The van der Waals surface area contributed by atoms with E-state index in [1.54, 1.807) is 0 Å². The number of aliphatic hydroxyl groups is 1. The van der Waals surface area contributed by atoms with Crippen molar-refractivity contribution in [1.29, 1.82) is 0 Å². The molecule has 4 nitrogen and oxygen atoms in total. The quantitative estimate of drug-likeness (QED) is 0.846. The minimum Gasteiger partial charge on any atom is -0.396 e. The topological polar surface area (TPSA) is 54.3 Å². The van der Waals surface area contributed by atoms with Crippen molar-refractivity contribution >= 4 is 16.8 Å². The van der Waals surface area contributed by atoms with Gasteiger partial charge in [-0.2, -0.15) is 0 Å². The van der Waals surface area contributed by atoms with Gasteiger partial charge in [-0.05, 0) is 31.4 Å². The molecule has 108 valence electrons. The number of para-hydroxylation sites is 1. The van der Waals surface area contributed by atoms with E-state index in [0.717, 1.165) is 6.42 Å². The Bertz CT molecular complexity index is 589. The summed E-state index contributed by atoms with van der Waals surface area (Å²) < 4.78 is 2.09. The Morgan fingerprint density at radius 2 is 2.15 bits per heavy atom. The van der Waals surface area contributed by atoms with Gasteiger partial charge in [-0.1, -0.05) is 18.2 Å². The maximum Gasteiger partial charge on any atom is 0.220 e. The minimum atomic E-state index is 0.0278. The molecule has 0 saturated carbocycles. The average Bonchev–Trinajstić information content (AvgIpc) is 2.74. The van der Waals surface area contributed by atoms with Crippen molar-refractivity contribution in [2.75, 3.05) is 6.61 Å². The smallest absolute Gasteiger partial charge is 0.220 e. The van der Waals surface area contributed by atoms with Gasteiger partial charge >= 0.3 is 0 Å². The highest BCUT2D eigenvalue weighted by Crippen LogP contribution is 2.21. The second-order valence-corrected chi connectivity index (χ2v) is 5.26. The maximum absolute atomic E-state index is 11.8. The Kier molecular flexibility index (Phi) is 4.79. The summed E-state index contributed by atoms with van der Waals surface area (Å²) in [5, 5.41) is 12.9. The van der Waals surface area contributed by atoms with E-state index < -0.39 is 0 Å². The van der Waals surface area contributed by atoms with E-state index in [1.165, 1.54) is 16.5 Å². The Morgan fingerprint density at radius 1 is 1.40 bits per heavy atom. The largest absolute Gasteiger partial charge is 0.396 e. The zero-order valence-electron chi connectivity index (χ0n) is 12.1. The molecule has 0 radical (unpaired) electrons. The number of fused-ring (bicyclic) bond motifs is 1. The molecular formula is C16H22N2O2. The molecule has 2 rings (SSSR count). The van der Waals surface area contributed by atoms with Crippen molar-refractivity contribution in [2.24, 2.45) is 7.05 Å². The molecule has 4 heteroatoms. The monoisotopic (exact) mass is 274 g/mol. The number of hydrogen-bond acceptors (Lipinski definition) is 2. The van der Waals surface area contributed by atoms with Crippen molar-refractivity contribution in [2.45, 2.75) is 32.2 Å². The third kappa shape index (κ3) is 3.39. The number of aromatic nitrogens is 1. The molecule has 1 aromatic carbocycles. The van der Waals surface area contributed by atoms with Gasteiger partial charge in [-0.3, -0.25) is 4.79 Å². The van der Waals surface area contributed by atoms with Crippen molar-refractivity contribution in [3.8, 4) is 0 Å². The van der Waals surface area contributed by atoms with Crippen LogP contribution < -0.4 is 5.32 Å². The first kappa shape index (κ1) is 14.6. The molecule has 0 spiro atoms. The molecular weight excluding hydrogens is 252 g/mol. The van der Waals surface area contributed by atoms with Gasteiger partial charge < -0.3 is 15.0 Å². The van der Waals surface area contributed by atoms with Crippen LogP contribution in [0.4, 0.5) is 0 Å². The molecule has 1 atom stereocenters. The fraction of sp³-hybridized carbons (Fsp3) is 0.438. The van der Waals surface area contributed by atoms with Crippen LogP contribution in [0.15, 0.2) is 30.5 Å². The molecule has 1 heterocycles. The molecule has 1 aromatic heterocycles. The van der Waals surface area contributed by atoms with Crippen molar-refractivity contribution in [3.63, 3.8) is 0 Å². The van der Waals surface area contributed by atoms with Crippen LogP contribution >= 0.6 is 0 Å². The lowest BCUT2D eigenvalue weighted by atomic mass is 10.1. The van der Waals surface area contributed by atoms with E-state index in [1.807, 2.05) is 26.1 Å². The molecule has 2 aromatic rings. The summed E-state index contributed by atoms with van der Waals surface area (Å²) in [6, 6.07) is 8.25. The summed E-state index contributed by atoms with van der Waals surface area (Å²) in [6.07, 6.45) is 3.90. The second kappa shape index (κ2) is 6.57.